The Balaban J connectivity index is 1.84. The lowest BCUT2D eigenvalue weighted by Gasteiger charge is -2.37. The summed E-state index contributed by atoms with van der Waals surface area (Å²) >= 11 is 0. The Morgan fingerprint density at radius 2 is 2.04 bits per heavy atom. The molecule has 0 spiro atoms. The molecule has 28 heavy (non-hydrogen) atoms. The van der Waals surface area contributed by atoms with Gasteiger partial charge in [0.05, 0.1) is 12.6 Å². The third kappa shape index (κ3) is 2.94. The summed E-state index contributed by atoms with van der Waals surface area (Å²) < 4.78 is 0. The van der Waals surface area contributed by atoms with Gasteiger partial charge in [-0.1, -0.05) is 24.3 Å². The first-order chi connectivity index (χ1) is 13.5. The van der Waals surface area contributed by atoms with Gasteiger partial charge in [0.25, 0.3) is 0 Å². The summed E-state index contributed by atoms with van der Waals surface area (Å²) in [5.41, 5.74) is 3.70. The lowest BCUT2D eigenvalue weighted by atomic mass is 9.92. The zero-order chi connectivity index (χ0) is 19.8. The molecule has 144 valence electrons. The van der Waals surface area contributed by atoms with Gasteiger partial charge in [-0.05, 0) is 35.7 Å². The Bertz CT molecular complexity index is 1060. The van der Waals surface area contributed by atoms with Gasteiger partial charge >= 0.3 is 0 Å². The molecule has 0 bridgehead atoms. The first-order valence-corrected chi connectivity index (χ1v) is 9.06. The zero-order valence-electron chi connectivity index (χ0n) is 15.4. The maximum atomic E-state index is 12.9. The number of hydrogen-bond acceptors (Lipinski definition) is 4. The minimum atomic E-state index is -0.449. The number of phenolic OH excluding ortho intramolecular Hbond substituents is 2. The Morgan fingerprint density at radius 1 is 1.25 bits per heavy atom. The molecule has 1 atom stereocenters. The summed E-state index contributed by atoms with van der Waals surface area (Å²) in [5, 5.41) is 20.8. The van der Waals surface area contributed by atoms with Gasteiger partial charge in [0.15, 0.2) is 11.5 Å². The van der Waals surface area contributed by atoms with Gasteiger partial charge in [0.1, 0.15) is 0 Å². The summed E-state index contributed by atoms with van der Waals surface area (Å²) in [7, 11) is 1.56. The topological polar surface area (TPSA) is 96.9 Å². The number of H-pyrrole nitrogens is 1. The highest BCUT2D eigenvalue weighted by Gasteiger charge is 2.35. The van der Waals surface area contributed by atoms with E-state index >= 15 is 0 Å². The largest absolute Gasteiger partial charge is 0.504 e. The molecule has 7 nitrogen and oxygen atoms in total. The van der Waals surface area contributed by atoms with E-state index in [1.165, 1.54) is 17.0 Å². The first kappa shape index (κ1) is 17.9. The van der Waals surface area contributed by atoms with Crippen LogP contribution in [0.4, 0.5) is 0 Å². The fraction of sp³-hybridized carbons (Fsp3) is 0.238. The van der Waals surface area contributed by atoms with Crippen LogP contribution in [0.1, 0.15) is 22.9 Å². The lowest BCUT2D eigenvalue weighted by molar-refractivity contribution is -0.136. The Hall–Kier alpha value is -3.48. The number of para-hydroxylation sites is 1. The second-order valence-electron chi connectivity index (χ2n) is 7.07. The number of aromatic amines is 1. The molecule has 3 N–H and O–H groups in total. The van der Waals surface area contributed by atoms with E-state index in [1.807, 2.05) is 24.3 Å². The van der Waals surface area contributed by atoms with Crippen LogP contribution < -0.4 is 0 Å². The van der Waals surface area contributed by atoms with Crippen molar-refractivity contribution in [3.63, 3.8) is 0 Å². The average Bonchev–Trinajstić information content (AvgIpc) is 3.08. The van der Waals surface area contributed by atoms with Gasteiger partial charge in [-0.3, -0.25) is 9.59 Å². The van der Waals surface area contributed by atoms with Crippen LogP contribution in [0.25, 0.3) is 10.9 Å². The number of carbonyl (C=O) groups is 2. The molecule has 1 aliphatic rings. The smallest absolute Gasteiger partial charge is 0.243 e. The fourth-order valence-electron chi connectivity index (χ4n) is 3.91. The average molecular weight is 379 g/mol. The van der Waals surface area contributed by atoms with Gasteiger partial charge in [-0.2, -0.15) is 0 Å². The third-order valence-corrected chi connectivity index (χ3v) is 5.23. The molecule has 3 aromatic rings. The molecule has 0 fully saturated rings. The number of nitrogens with zero attached hydrogens (tertiary/aromatic N) is 2. The predicted molar refractivity (Wildman–Crippen MR) is 104 cm³/mol. The van der Waals surface area contributed by atoms with Crippen LogP contribution in [0.3, 0.4) is 0 Å². The Morgan fingerprint density at radius 3 is 2.79 bits per heavy atom. The van der Waals surface area contributed by atoms with Crippen LogP contribution >= 0.6 is 0 Å². The van der Waals surface area contributed by atoms with Crippen LogP contribution in [0.2, 0.25) is 0 Å². The molecule has 0 saturated carbocycles. The highest BCUT2D eigenvalue weighted by atomic mass is 16.3. The second kappa shape index (κ2) is 6.92. The minimum absolute atomic E-state index is 0.0281. The summed E-state index contributed by atoms with van der Waals surface area (Å²) in [6.45, 7) is 0.465. The number of rotatable bonds is 4. The van der Waals surface area contributed by atoms with Crippen molar-refractivity contribution in [2.24, 2.45) is 0 Å². The number of hydrogen-bond donors (Lipinski definition) is 3. The van der Waals surface area contributed by atoms with Gasteiger partial charge in [-0.25, -0.2) is 0 Å². The van der Waals surface area contributed by atoms with E-state index in [2.05, 4.69) is 4.98 Å². The summed E-state index contributed by atoms with van der Waals surface area (Å²) in [6.07, 6.45) is 1.31. The molecule has 7 heteroatoms. The number of aromatic nitrogens is 1. The number of benzene rings is 2. The molecule has 2 aromatic carbocycles. The fourth-order valence-corrected chi connectivity index (χ4v) is 3.91. The van der Waals surface area contributed by atoms with Crippen LogP contribution in [0, 0.1) is 0 Å². The lowest BCUT2D eigenvalue weighted by Crippen LogP contribution is -2.44. The highest BCUT2D eigenvalue weighted by Crippen LogP contribution is 2.40. The van der Waals surface area contributed by atoms with Crippen LogP contribution in [0.5, 0.6) is 11.5 Å². The molecule has 0 saturated heterocycles. The monoisotopic (exact) mass is 379 g/mol. The van der Waals surface area contributed by atoms with Gasteiger partial charge in [0, 0.05) is 30.2 Å². The summed E-state index contributed by atoms with van der Waals surface area (Å²) in [6, 6.07) is 12.1. The highest BCUT2D eigenvalue weighted by molar-refractivity contribution is 5.87. The van der Waals surface area contributed by atoms with Gasteiger partial charge in [0.2, 0.25) is 12.3 Å². The molecule has 1 aliphatic heterocycles. The van der Waals surface area contributed by atoms with E-state index in [-0.39, 0.29) is 24.0 Å². The maximum absolute atomic E-state index is 12.9. The van der Waals surface area contributed by atoms with E-state index in [0.717, 1.165) is 22.2 Å². The second-order valence-corrected chi connectivity index (χ2v) is 7.07. The Labute approximate surface area is 161 Å². The van der Waals surface area contributed by atoms with E-state index < -0.39 is 6.04 Å². The van der Waals surface area contributed by atoms with Crippen LogP contribution in [-0.2, 0) is 16.0 Å². The number of fused-ring (bicyclic) bond motifs is 3. The standard InChI is InChI=1S/C21H21N3O4/c1-23(12-25)11-19(28)24-9-8-15-14-4-2-3-5-16(14)22-20(15)21(24)13-6-7-17(26)18(27)10-13/h2-7,10,12,21-22,26-27H,8-9,11H2,1H3/t21-/m1/s1. The molecule has 4 rings (SSSR count). The third-order valence-electron chi connectivity index (χ3n) is 5.23. The SMILES string of the molecule is CN(C=O)CC(=O)N1CCc2c([nH]c3ccccc23)[C@H]1c1ccc(O)c(O)c1. The van der Waals surface area contributed by atoms with Gasteiger partial charge < -0.3 is 25.0 Å². The number of phenols is 2. The molecule has 0 radical (unpaired) electrons. The molecule has 0 unspecified atom stereocenters. The number of aromatic hydroxyl groups is 2. The van der Waals surface area contributed by atoms with Crippen molar-refractivity contribution in [1.29, 1.82) is 0 Å². The van der Waals surface area contributed by atoms with Crippen LogP contribution in [-0.4, -0.2) is 57.5 Å². The molecular formula is C21H21N3O4. The number of carbonyl (C=O) groups excluding carboxylic acids is 2. The molecule has 0 aliphatic carbocycles. The molecule has 2 amide bonds. The van der Waals surface area contributed by atoms with E-state index in [9.17, 15) is 19.8 Å². The number of likely N-dealkylation sites (N-methyl/N-ethyl adjacent to an activating group) is 1. The van der Waals surface area contributed by atoms with Crippen molar-refractivity contribution in [3.05, 3.63) is 59.3 Å². The van der Waals surface area contributed by atoms with Crippen molar-refractivity contribution in [3.8, 4) is 11.5 Å². The quantitative estimate of drug-likeness (QED) is 0.478. The Kier molecular flexibility index (Phi) is 4.43. The maximum Gasteiger partial charge on any atom is 0.243 e. The molecular weight excluding hydrogens is 358 g/mol. The molecule has 2 heterocycles. The van der Waals surface area contributed by atoms with Crippen molar-refractivity contribution in [2.75, 3.05) is 20.1 Å². The molecule has 1 aromatic heterocycles. The van der Waals surface area contributed by atoms with Crippen molar-refractivity contribution in [1.82, 2.24) is 14.8 Å². The zero-order valence-corrected chi connectivity index (χ0v) is 15.4. The normalized spacial score (nSPS) is 16.0. The van der Waals surface area contributed by atoms with Crippen molar-refractivity contribution < 1.29 is 19.8 Å². The first-order valence-electron chi connectivity index (χ1n) is 9.06. The number of nitrogens with one attached hydrogen (secondary N) is 1. The van der Waals surface area contributed by atoms with E-state index in [4.69, 9.17) is 0 Å². The van der Waals surface area contributed by atoms with Crippen molar-refractivity contribution >= 4 is 23.2 Å². The summed E-state index contributed by atoms with van der Waals surface area (Å²) in [5.74, 6) is -0.635. The predicted octanol–water partition coefficient (Wildman–Crippen LogP) is 2.14. The summed E-state index contributed by atoms with van der Waals surface area (Å²) in [4.78, 5) is 30.3. The van der Waals surface area contributed by atoms with Gasteiger partial charge in [-0.15, -0.1) is 0 Å². The number of amides is 2. The van der Waals surface area contributed by atoms with E-state index in [1.54, 1.807) is 18.0 Å². The van der Waals surface area contributed by atoms with E-state index in [0.29, 0.717) is 24.9 Å². The van der Waals surface area contributed by atoms with Crippen molar-refractivity contribution in [2.45, 2.75) is 12.5 Å². The van der Waals surface area contributed by atoms with Crippen LogP contribution in [0.15, 0.2) is 42.5 Å². The minimum Gasteiger partial charge on any atom is -0.504 e.